The maximum atomic E-state index is 12.1. The highest BCUT2D eigenvalue weighted by Crippen LogP contribution is 2.34. The summed E-state index contributed by atoms with van der Waals surface area (Å²) in [4.78, 5) is 17.1. The standard InChI is InChI=1S/C23H32N2O2.2ClH/c1-7-19-17(12-21(26)27-6)22(16-10-8-15(2)9-11-16)18(14-24)20(25-19)13-23(3,4)5;;/h8-11H,7,12-14,24H2,1-6H3;2*1H. The third-order valence-electron chi connectivity index (χ3n) is 4.70. The van der Waals surface area contributed by atoms with Gasteiger partial charge >= 0.3 is 5.97 Å². The second-order valence-electron chi connectivity index (χ2n) is 8.25. The van der Waals surface area contributed by atoms with Gasteiger partial charge in [0.15, 0.2) is 0 Å². The zero-order chi connectivity index (χ0) is 20.2. The van der Waals surface area contributed by atoms with Crippen molar-refractivity contribution in [1.82, 2.24) is 4.98 Å². The van der Waals surface area contributed by atoms with Gasteiger partial charge in [0.2, 0.25) is 0 Å². The number of rotatable bonds is 6. The van der Waals surface area contributed by atoms with Gasteiger partial charge in [-0.1, -0.05) is 57.5 Å². The number of halogens is 2. The van der Waals surface area contributed by atoms with Crippen LogP contribution in [-0.4, -0.2) is 18.1 Å². The maximum absolute atomic E-state index is 12.1. The van der Waals surface area contributed by atoms with Gasteiger partial charge < -0.3 is 10.5 Å². The van der Waals surface area contributed by atoms with Gasteiger partial charge in [0.05, 0.1) is 13.5 Å². The summed E-state index contributed by atoms with van der Waals surface area (Å²) in [6.45, 7) is 11.1. The lowest BCUT2D eigenvalue weighted by Gasteiger charge is -2.25. The van der Waals surface area contributed by atoms with E-state index < -0.39 is 0 Å². The van der Waals surface area contributed by atoms with Crippen molar-refractivity contribution in [2.75, 3.05) is 7.11 Å². The Bertz CT molecular complexity index is 813. The number of benzene rings is 1. The first kappa shape index (κ1) is 27.4. The second kappa shape index (κ2) is 11.5. The van der Waals surface area contributed by atoms with E-state index in [-0.39, 0.29) is 42.6 Å². The molecule has 1 heterocycles. The largest absolute Gasteiger partial charge is 0.469 e. The third-order valence-corrected chi connectivity index (χ3v) is 4.70. The number of pyridine rings is 1. The molecule has 0 spiro atoms. The summed E-state index contributed by atoms with van der Waals surface area (Å²) in [5.74, 6) is -0.258. The molecular formula is C23H34Cl2N2O2. The number of aryl methyl sites for hydroxylation is 2. The molecular weight excluding hydrogens is 407 g/mol. The Labute approximate surface area is 187 Å². The first-order valence-corrected chi connectivity index (χ1v) is 9.57. The predicted octanol–water partition coefficient (Wildman–Crippen LogP) is 5.23. The first-order valence-electron chi connectivity index (χ1n) is 9.57. The van der Waals surface area contributed by atoms with Gasteiger partial charge in [-0.2, -0.15) is 0 Å². The van der Waals surface area contributed by atoms with Crippen LogP contribution >= 0.6 is 24.8 Å². The molecule has 0 unspecified atom stereocenters. The molecule has 29 heavy (non-hydrogen) atoms. The molecule has 0 amide bonds. The van der Waals surface area contributed by atoms with E-state index in [0.29, 0.717) is 6.54 Å². The molecule has 1 aromatic carbocycles. The lowest BCUT2D eigenvalue weighted by atomic mass is 9.84. The fraction of sp³-hybridized carbons (Fsp3) is 0.478. The van der Waals surface area contributed by atoms with Crippen LogP contribution in [-0.2, 0) is 35.3 Å². The van der Waals surface area contributed by atoms with Crippen molar-refractivity contribution in [3.8, 4) is 11.1 Å². The summed E-state index contributed by atoms with van der Waals surface area (Å²) >= 11 is 0. The van der Waals surface area contributed by atoms with Gasteiger partial charge in [-0.25, -0.2) is 0 Å². The summed E-state index contributed by atoms with van der Waals surface area (Å²) in [6.07, 6.45) is 1.80. The van der Waals surface area contributed by atoms with Gasteiger partial charge in [-0.05, 0) is 47.4 Å². The van der Waals surface area contributed by atoms with Crippen molar-refractivity contribution >= 4 is 30.8 Å². The number of esters is 1. The number of nitrogens with zero attached hydrogens (tertiary/aromatic N) is 1. The van der Waals surface area contributed by atoms with E-state index in [4.69, 9.17) is 15.5 Å². The minimum Gasteiger partial charge on any atom is -0.469 e. The average molecular weight is 441 g/mol. The van der Waals surface area contributed by atoms with Crippen LogP contribution in [0.4, 0.5) is 0 Å². The Kier molecular flexibility index (Phi) is 10.9. The summed E-state index contributed by atoms with van der Waals surface area (Å²) < 4.78 is 4.95. The van der Waals surface area contributed by atoms with Gasteiger partial charge in [-0.3, -0.25) is 9.78 Å². The van der Waals surface area contributed by atoms with Gasteiger partial charge in [-0.15, -0.1) is 24.8 Å². The molecule has 4 nitrogen and oxygen atoms in total. The van der Waals surface area contributed by atoms with E-state index in [1.165, 1.54) is 12.7 Å². The van der Waals surface area contributed by atoms with Crippen molar-refractivity contribution in [3.05, 3.63) is 52.3 Å². The molecule has 0 saturated carbocycles. The number of hydrogen-bond acceptors (Lipinski definition) is 4. The molecule has 0 radical (unpaired) electrons. The van der Waals surface area contributed by atoms with Crippen LogP contribution in [0.25, 0.3) is 11.1 Å². The fourth-order valence-electron chi connectivity index (χ4n) is 3.41. The zero-order valence-corrected chi connectivity index (χ0v) is 19.9. The molecule has 0 atom stereocenters. The molecule has 2 rings (SSSR count). The summed E-state index contributed by atoms with van der Waals surface area (Å²) in [5.41, 5.74) is 13.6. The van der Waals surface area contributed by atoms with Crippen LogP contribution < -0.4 is 5.73 Å². The van der Waals surface area contributed by atoms with Gasteiger partial charge in [0.1, 0.15) is 0 Å². The monoisotopic (exact) mass is 440 g/mol. The van der Waals surface area contributed by atoms with Crippen LogP contribution in [0.3, 0.4) is 0 Å². The smallest absolute Gasteiger partial charge is 0.310 e. The molecule has 6 heteroatoms. The van der Waals surface area contributed by atoms with Crippen LogP contribution in [0, 0.1) is 12.3 Å². The number of hydrogen-bond donors (Lipinski definition) is 1. The van der Waals surface area contributed by atoms with E-state index in [9.17, 15) is 4.79 Å². The molecule has 0 saturated heterocycles. The molecule has 0 aliphatic carbocycles. The summed E-state index contributed by atoms with van der Waals surface area (Å²) in [6, 6.07) is 8.38. The van der Waals surface area contributed by atoms with Crippen molar-refractivity contribution < 1.29 is 9.53 Å². The van der Waals surface area contributed by atoms with E-state index in [2.05, 4.69) is 58.9 Å². The van der Waals surface area contributed by atoms with Crippen molar-refractivity contribution in [1.29, 1.82) is 0 Å². The number of aromatic nitrogens is 1. The van der Waals surface area contributed by atoms with Crippen LogP contribution in [0.15, 0.2) is 24.3 Å². The van der Waals surface area contributed by atoms with Gasteiger partial charge in [0, 0.05) is 17.9 Å². The summed E-state index contributed by atoms with van der Waals surface area (Å²) in [5, 5.41) is 0. The summed E-state index contributed by atoms with van der Waals surface area (Å²) in [7, 11) is 1.42. The third kappa shape index (κ3) is 6.98. The predicted molar refractivity (Wildman–Crippen MR) is 125 cm³/mol. The number of nitrogens with two attached hydrogens (primary N) is 1. The fourth-order valence-corrected chi connectivity index (χ4v) is 3.41. The van der Waals surface area contributed by atoms with E-state index in [1.807, 2.05) is 0 Å². The van der Waals surface area contributed by atoms with Crippen molar-refractivity contribution in [2.45, 2.75) is 60.4 Å². The van der Waals surface area contributed by atoms with Crippen LogP contribution in [0.1, 0.15) is 55.8 Å². The van der Waals surface area contributed by atoms with E-state index in [0.717, 1.165) is 46.5 Å². The molecule has 0 bridgehead atoms. The topological polar surface area (TPSA) is 65.2 Å². The highest BCUT2D eigenvalue weighted by Gasteiger charge is 2.24. The molecule has 0 fully saturated rings. The first-order chi connectivity index (χ1) is 12.7. The van der Waals surface area contributed by atoms with Crippen molar-refractivity contribution in [2.24, 2.45) is 11.1 Å². The van der Waals surface area contributed by atoms with E-state index in [1.54, 1.807) is 0 Å². The lowest BCUT2D eigenvalue weighted by molar-refractivity contribution is -0.139. The number of carbonyl (C=O) groups is 1. The Morgan fingerprint density at radius 2 is 1.66 bits per heavy atom. The normalized spacial score (nSPS) is 10.7. The Hall–Kier alpha value is -1.62. The Balaban J connectivity index is 0.00000392. The molecule has 162 valence electrons. The minimum atomic E-state index is -0.258. The molecule has 0 aliphatic heterocycles. The Morgan fingerprint density at radius 3 is 2.10 bits per heavy atom. The lowest BCUT2D eigenvalue weighted by Crippen LogP contribution is -2.19. The number of methoxy groups -OCH3 is 1. The number of carbonyl (C=O) groups excluding carboxylic acids is 1. The highest BCUT2D eigenvalue weighted by molar-refractivity contribution is 5.85. The van der Waals surface area contributed by atoms with Crippen LogP contribution in [0.2, 0.25) is 0 Å². The van der Waals surface area contributed by atoms with Gasteiger partial charge in [0.25, 0.3) is 0 Å². The number of ether oxygens (including phenoxy) is 1. The molecule has 2 aromatic rings. The second-order valence-corrected chi connectivity index (χ2v) is 8.25. The molecule has 0 aliphatic rings. The average Bonchev–Trinajstić information content (AvgIpc) is 2.61. The van der Waals surface area contributed by atoms with E-state index >= 15 is 0 Å². The zero-order valence-electron chi connectivity index (χ0n) is 18.3. The Morgan fingerprint density at radius 1 is 1.07 bits per heavy atom. The SMILES string of the molecule is CCc1nc(CC(C)(C)C)c(CN)c(-c2ccc(C)cc2)c1CC(=O)OC.Cl.Cl. The molecule has 1 aromatic heterocycles. The minimum absolute atomic E-state index is 0. The highest BCUT2D eigenvalue weighted by atomic mass is 35.5. The quantitative estimate of drug-likeness (QED) is 0.624. The van der Waals surface area contributed by atoms with Crippen molar-refractivity contribution in [3.63, 3.8) is 0 Å². The maximum Gasteiger partial charge on any atom is 0.310 e. The molecule has 2 N–H and O–H groups in total. The van der Waals surface area contributed by atoms with Crippen LogP contribution in [0.5, 0.6) is 0 Å².